The highest BCUT2D eigenvalue weighted by Crippen LogP contribution is 2.41. The Morgan fingerprint density at radius 2 is 2.04 bits per heavy atom. The van der Waals surface area contributed by atoms with Crippen LogP contribution in [0.5, 0.6) is 0 Å². The first-order chi connectivity index (χ1) is 13.1. The summed E-state index contributed by atoms with van der Waals surface area (Å²) in [4.78, 5) is 23.7. The molecule has 0 aromatic carbocycles. The lowest BCUT2D eigenvalue weighted by Gasteiger charge is -2.52. The monoisotopic (exact) mass is 369 g/mol. The van der Waals surface area contributed by atoms with Crippen LogP contribution in [0, 0.1) is 5.41 Å². The van der Waals surface area contributed by atoms with E-state index in [0.717, 1.165) is 37.6 Å². The summed E-state index contributed by atoms with van der Waals surface area (Å²) in [6.45, 7) is 3.01. The van der Waals surface area contributed by atoms with Gasteiger partial charge in [-0.1, -0.05) is 0 Å². The molecular weight excluding hydrogens is 346 g/mol. The summed E-state index contributed by atoms with van der Waals surface area (Å²) in [7, 11) is 0. The maximum Gasteiger partial charge on any atom is 0.407 e. The topological polar surface area (TPSA) is 110 Å². The van der Waals surface area contributed by atoms with Gasteiger partial charge in [-0.15, -0.1) is 0 Å². The number of carbonyl (C=O) groups is 1. The highest BCUT2D eigenvalue weighted by molar-refractivity contribution is 5.66. The summed E-state index contributed by atoms with van der Waals surface area (Å²) in [5, 5.41) is 19.7. The number of rotatable bonds is 4. The lowest BCUT2D eigenvalue weighted by molar-refractivity contribution is -0.00652. The van der Waals surface area contributed by atoms with Gasteiger partial charge in [-0.3, -0.25) is 5.10 Å². The van der Waals surface area contributed by atoms with E-state index in [2.05, 4.69) is 36.4 Å². The van der Waals surface area contributed by atoms with Crippen molar-refractivity contribution in [2.75, 3.05) is 36.4 Å². The molecule has 5 rings (SSSR count). The van der Waals surface area contributed by atoms with E-state index in [1.807, 2.05) is 6.07 Å². The Balaban J connectivity index is 1.21. The fourth-order valence-electron chi connectivity index (χ4n) is 4.10. The molecule has 1 aliphatic carbocycles. The first-order valence-corrected chi connectivity index (χ1v) is 9.48. The standard InChI is InChI=1S/C18H23N7O2/c26-17(27)25-10-18(11-25)4-7-24(8-5-18)16-19-6-3-14(21-16)20-15-9-13(22-23-15)12-1-2-12/h3,6,9,12H,1-2,4-5,7-8,10-11H2,(H,26,27)(H2,19,20,21,22,23). The number of hydrogen-bond acceptors (Lipinski definition) is 6. The van der Waals surface area contributed by atoms with Gasteiger partial charge in [0.25, 0.3) is 0 Å². The van der Waals surface area contributed by atoms with Crippen LogP contribution >= 0.6 is 0 Å². The second-order valence-electron chi connectivity index (χ2n) is 7.98. The van der Waals surface area contributed by atoms with Crippen LogP contribution in [0.3, 0.4) is 0 Å². The second-order valence-corrected chi connectivity index (χ2v) is 7.98. The Labute approximate surface area is 156 Å². The van der Waals surface area contributed by atoms with Gasteiger partial charge in [-0.25, -0.2) is 9.78 Å². The van der Waals surface area contributed by atoms with E-state index in [-0.39, 0.29) is 5.41 Å². The molecule has 1 saturated carbocycles. The van der Waals surface area contributed by atoms with Crippen molar-refractivity contribution in [2.45, 2.75) is 31.6 Å². The molecule has 0 bridgehead atoms. The third-order valence-corrected chi connectivity index (χ3v) is 5.94. The lowest BCUT2D eigenvalue weighted by atomic mass is 9.72. The van der Waals surface area contributed by atoms with Crippen molar-refractivity contribution < 1.29 is 9.90 Å². The van der Waals surface area contributed by atoms with E-state index in [1.165, 1.54) is 23.4 Å². The Bertz CT molecular complexity index is 847. The van der Waals surface area contributed by atoms with Gasteiger partial charge in [0.05, 0.1) is 0 Å². The molecule has 4 heterocycles. The number of nitrogens with one attached hydrogen (secondary N) is 2. The molecule has 2 saturated heterocycles. The molecule has 2 aromatic heterocycles. The Kier molecular flexibility index (Phi) is 3.70. The van der Waals surface area contributed by atoms with Gasteiger partial charge in [-0.2, -0.15) is 10.1 Å². The second kappa shape index (κ2) is 6.11. The van der Waals surface area contributed by atoms with Crippen molar-refractivity contribution in [3.8, 4) is 0 Å². The summed E-state index contributed by atoms with van der Waals surface area (Å²) in [5.41, 5.74) is 1.34. The van der Waals surface area contributed by atoms with Crippen LogP contribution in [-0.2, 0) is 0 Å². The molecule has 3 N–H and O–H groups in total. The van der Waals surface area contributed by atoms with Crippen LogP contribution in [0.15, 0.2) is 18.3 Å². The summed E-state index contributed by atoms with van der Waals surface area (Å²) < 4.78 is 0. The molecule has 0 radical (unpaired) electrons. The summed E-state index contributed by atoms with van der Waals surface area (Å²) in [6.07, 6.45) is 5.37. The van der Waals surface area contributed by atoms with Crippen molar-refractivity contribution in [1.29, 1.82) is 0 Å². The first-order valence-electron chi connectivity index (χ1n) is 9.48. The summed E-state index contributed by atoms with van der Waals surface area (Å²) in [5.74, 6) is 2.86. The summed E-state index contributed by atoms with van der Waals surface area (Å²) >= 11 is 0. The average molecular weight is 369 g/mol. The largest absolute Gasteiger partial charge is 0.465 e. The third-order valence-electron chi connectivity index (χ3n) is 5.94. The number of piperidine rings is 1. The molecule has 1 spiro atoms. The van der Waals surface area contributed by atoms with Gasteiger partial charge in [-0.05, 0) is 31.7 Å². The van der Waals surface area contributed by atoms with Crippen LogP contribution < -0.4 is 10.2 Å². The fourth-order valence-corrected chi connectivity index (χ4v) is 4.10. The van der Waals surface area contributed by atoms with Gasteiger partial charge in [0.2, 0.25) is 5.95 Å². The highest BCUT2D eigenvalue weighted by Gasteiger charge is 2.47. The molecule has 27 heavy (non-hydrogen) atoms. The van der Waals surface area contributed by atoms with E-state index in [4.69, 9.17) is 5.11 Å². The molecule has 142 valence electrons. The SMILES string of the molecule is O=C(O)N1CC2(CCN(c3nccc(Nc4cc(C5CC5)[nH]n4)n3)CC2)C1. The predicted octanol–water partition coefficient (Wildman–Crippen LogP) is 2.40. The molecule has 2 aliphatic heterocycles. The Morgan fingerprint density at radius 1 is 1.26 bits per heavy atom. The van der Waals surface area contributed by atoms with E-state index >= 15 is 0 Å². The van der Waals surface area contributed by atoms with Crippen LogP contribution in [0.4, 0.5) is 22.4 Å². The minimum atomic E-state index is -0.812. The van der Waals surface area contributed by atoms with Crippen molar-refractivity contribution in [2.24, 2.45) is 5.41 Å². The van der Waals surface area contributed by atoms with Crippen molar-refractivity contribution in [1.82, 2.24) is 25.1 Å². The van der Waals surface area contributed by atoms with Gasteiger partial charge in [0, 0.05) is 55.5 Å². The maximum atomic E-state index is 11.0. The smallest absolute Gasteiger partial charge is 0.407 e. The molecule has 3 fully saturated rings. The van der Waals surface area contributed by atoms with Crippen molar-refractivity contribution >= 4 is 23.7 Å². The van der Waals surface area contributed by atoms with E-state index in [1.54, 1.807) is 6.20 Å². The highest BCUT2D eigenvalue weighted by atomic mass is 16.4. The maximum absolute atomic E-state index is 11.0. The number of amides is 1. The first kappa shape index (κ1) is 16.3. The number of anilines is 3. The molecule has 1 amide bonds. The number of H-pyrrole nitrogens is 1. The van der Waals surface area contributed by atoms with Crippen LogP contribution in [0.1, 0.15) is 37.3 Å². The Hall–Kier alpha value is -2.84. The van der Waals surface area contributed by atoms with Crippen LogP contribution in [0.2, 0.25) is 0 Å². The summed E-state index contributed by atoms with van der Waals surface area (Å²) in [6, 6.07) is 3.89. The lowest BCUT2D eigenvalue weighted by Crippen LogP contribution is -2.61. The molecule has 9 nitrogen and oxygen atoms in total. The minimum absolute atomic E-state index is 0.152. The minimum Gasteiger partial charge on any atom is -0.465 e. The zero-order valence-electron chi connectivity index (χ0n) is 15.1. The zero-order valence-corrected chi connectivity index (χ0v) is 15.1. The molecule has 0 unspecified atom stereocenters. The van der Waals surface area contributed by atoms with Gasteiger partial charge >= 0.3 is 6.09 Å². The molecule has 2 aromatic rings. The molecule has 9 heteroatoms. The number of aromatic amines is 1. The predicted molar refractivity (Wildman–Crippen MR) is 99.4 cm³/mol. The van der Waals surface area contributed by atoms with Crippen LogP contribution in [0.25, 0.3) is 0 Å². The van der Waals surface area contributed by atoms with E-state index < -0.39 is 6.09 Å². The normalized spacial score (nSPS) is 21.2. The number of nitrogens with zero attached hydrogens (tertiary/aromatic N) is 5. The molecule has 0 atom stereocenters. The van der Waals surface area contributed by atoms with Crippen molar-refractivity contribution in [3.63, 3.8) is 0 Å². The van der Waals surface area contributed by atoms with Gasteiger partial charge < -0.3 is 20.2 Å². The fraction of sp³-hybridized carbons (Fsp3) is 0.556. The van der Waals surface area contributed by atoms with Crippen molar-refractivity contribution in [3.05, 3.63) is 24.0 Å². The van der Waals surface area contributed by atoms with Gasteiger partial charge in [0.15, 0.2) is 5.82 Å². The molecule has 3 aliphatic rings. The number of hydrogen-bond donors (Lipinski definition) is 3. The number of carboxylic acid groups (broad SMARTS) is 1. The molecular formula is C18H23N7O2. The number of likely N-dealkylation sites (tertiary alicyclic amines) is 1. The van der Waals surface area contributed by atoms with Gasteiger partial charge in [0.1, 0.15) is 5.82 Å². The zero-order chi connectivity index (χ0) is 18.4. The van der Waals surface area contributed by atoms with Crippen LogP contribution in [-0.4, -0.2) is 62.4 Å². The third kappa shape index (κ3) is 3.17. The Morgan fingerprint density at radius 3 is 2.74 bits per heavy atom. The average Bonchev–Trinajstić information content (AvgIpc) is 3.40. The van der Waals surface area contributed by atoms with E-state index in [0.29, 0.717) is 25.0 Å². The van der Waals surface area contributed by atoms with E-state index in [9.17, 15) is 4.79 Å². The number of aromatic nitrogens is 4. The quantitative estimate of drug-likeness (QED) is 0.759.